The molecule has 0 aliphatic carbocycles. The van der Waals surface area contributed by atoms with Gasteiger partial charge >= 0.3 is 12.4 Å². The number of hydrogen-bond acceptors (Lipinski definition) is 0. The van der Waals surface area contributed by atoms with Gasteiger partial charge in [-0.25, -0.2) is 0 Å². The molecule has 8 heteroatoms. The highest BCUT2D eigenvalue weighted by molar-refractivity contribution is 5.74. The molecule has 126 valence electrons. The van der Waals surface area contributed by atoms with Crippen LogP contribution in [-0.4, -0.2) is 4.57 Å². The molecule has 0 radical (unpaired) electrons. The van der Waals surface area contributed by atoms with Crippen LogP contribution in [0.4, 0.5) is 26.3 Å². The molecule has 0 aliphatic heterocycles. The number of hydrogen-bond donors (Lipinski definition) is 0. The summed E-state index contributed by atoms with van der Waals surface area (Å²) in [4.78, 5) is 0. The summed E-state index contributed by atoms with van der Waals surface area (Å²) in [5, 5.41) is 0. The molecule has 0 saturated carbocycles. The fourth-order valence-corrected chi connectivity index (χ4v) is 2.51. The van der Waals surface area contributed by atoms with Gasteiger partial charge in [0.05, 0.1) is 34.9 Å². The number of alkyl halides is 6. The van der Waals surface area contributed by atoms with Crippen LogP contribution in [-0.2, 0) is 19.4 Å². The van der Waals surface area contributed by atoms with Crippen LogP contribution in [0.15, 0.2) is 42.5 Å². The van der Waals surface area contributed by atoms with Crippen molar-refractivity contribution < 1.29 is 30.9 Å². The van der Waals surface area contributed by atoms with Crippen molar-refractivity contribution >= 4 is 11.0 Å². The first-order valence-corrected chi connectivity index (χ1v) is 6.76. The molecule has 0 unspecified atom stereocenters. The lowest BCUT2D eigenvalue weighted by atomic mass is 10.1. The molecule has 2 nitrogen and oxygen atoms in total. The zero-order valence-electron chi connectivity index (χ0n) is 12.2. The standard InChI is InChI=1S/C16H10F6N2/c1-23-9-24(14-5-3-2-4-13(14)23)12-7-6-10(15(17,18)19)8-11(12)16(20,21)22/h2-8H,1H3. The molecular formula is C16H10F6N2. The van der Waals surface area contributed by atoms with Gasteiger partial charge in [0.25, 0.3) is 0 Å². The normalized spacial score (nSPS) is 12.8. The maximum absolute atomic E-state index is 13.3. The summed E-state index contributed by atoms with van der Waals surface area (Å²) in [6, 6.07) is 8.16. The van der Waals surface area contributed by atoms with Crippen LogP contribution in [0.3, 0.4) is 0 Å². The van der Waals surface area contributed by atoms with E-state index in [0.717, 1.165) is 10.6 Å². The number of benzene rings is 2. The van der Waals surface area contributed by atoms with Gasteiger partial charge in [0.15, 0.2) is 0 Å². The zero-order chi connectivity index (χ0) is 17.7. The lowest BCUT2D eigenvalue weighted by Gasteiger charge is -2.17. The van der Waals surface area contributed by atoms with Crippen LogP contribution in [0.2, 0.25) is 0 Å². The van der Waals surface area contributed by atoms with E-state index in [9.17, 15) is 26.3 Å². The molecule has 24 heavy (non-hydrogen) atoms. The number of para-hydroxylation sites is 2. The first-order chi connectivity index (χ1) is 11.1. The Bertz CT molecular complexity index is 905. The average molecular weight is 344 g/mol. The Morgan fingerprint density at radius 3 is 2.21 bits per heavy atom. The van der Waals surface area contributed by atoms with Crippen LogP contribution in [0.1, 0.15) is 11.1 Å². The molecule has 1 heterocycles. The maximum Gasteiger partial charge on any atom is 0.416 e. The number of rotatable bonds is 1. The minimum Gasteiger partial charge on any atom is -0.319 e. The maximum atomic E-state index is 13.3. The van der Waals surface area contributed by atoms with Gasteiger partial charge < -0.3 is 9.13 Å². The number of halogens is 6. The molecular weight excluding hydrogens is 334 g/mol. The van der Waals surface area contributed by atoms with Crippen molar-refractivity contribution in [2.75, 3.05) is 0 Å². The minimum absolute atomic E-state index is 0.123. The van der Waals surface area contributed by atoms with Gasteiger partial charge in [-0.2, -0.15) is 26.3 Å². The smallest absolute Gasteiger partial charge is 0.319 e. The topological polar surface area (TPSA) is 8.81 Å². The van der Waals surface area contributed by atoms with Crippen molar-refractivity contribution in [1.82, 2.24) is 4.57 Å². The second-order valence-corrected chi connectivity index (χ2v) is 5.21. The highest BCUT2D eigenvalue weighted by Crippen LogP contribution is 2.39. The quantitative estimate of drug-likeness (QED) is 0.354. The van der Waals surface area contributed by atoms with E-state index >= 15 is 0 Å². The van der Waals surface area contributed by atoms with Gasteiger partial charge in [-0.15, -0.1) is 0 Å². The van der Waals surface area contributed by atoms with Crippen molar-refractivity contribution in [3.8, 4) is 5.69 Å². The van der Waals surface area contributed by atoms with Crippen molar-refractivity contribution in [2.45, 2.75) is 12.4 Å². The largest absolute Gasteiger partial charge is 0.416 e. The third-order valence-corrected chi connectivity index (χ3v) is 3.60. The van der Waals surface area contributed by atoms with Gasteiger partial charge in [0.2, 0.25) is 6.33 Å². The molecule has 3 rings (SSSR count). The first-order valence-electron chi connectivity index (χ1n) is 6.76. The number of nitrogens with zero attached hydrogens (tertiary/aromatic N) is 2. The summed E-state index contributed by atoms with van der Waals surface area (Å²) >= 11 is 0. The van der Waals surface area contributed by atoms with Crippen molar-refractivity contribution in [3.05, 3.63) is 59.9 Å². The Kier molecular flexibility index (Phi) is 3.58. The molecule has 0 saturated heterocycles. The van der Waals surface area contributed by atoms with Crippen molar-refractivity contribution in [3.63, 3.8) is 0 Å². The van der Waals surface area contributed by atoms with Crippen LogP contribution in [0.5, 0.6) is 0 Å². The molecule has 3 aromatic rings. The lowest BCUT2D eigenvalue weighted by molar-refractivity contribution is -0.649. The Hall–Kier alpha value is -2.51. The SMILES string of the molecule is C[n+]1[c-]n(-c2ccc(C(F)(F)F)cc2C(F)(F)F)c2ccccc21. The second-order valence-electron chi connectivity index (χ2n) is 5.21. The fraction of sp³-hybridized carbons (Fsp3) is 0.188. The predicted octanol–water partition coefficient (Wildman–Crippen LogP) is 4.29. The third kappa shape index (κ3) is 2.72. The Labute approximate surface area is 132 Å². The molecule has 0 aliphatic rings. The summed E-state index contributed by atoms with van der Waals surface area (Å²) in [6.45, 7) is 0. The summed E-state index contributed by atoms with van der Waals surface area (Å²) < 4.78 is 80.8. The van der Waals surface area contributed by atoms with Crippen LogP contribution < -0.4 is 4.57 Å². The van der Waals surface area contributed by atoms with Crippen molar-refractivity contribution in [2.24, 2.45) is 7.05 Å². The van der Waals surface area contributed by atoms with E-state index in [-0.39, 0.29) is 6.07 Å². The lowest BCUT2D eigenvalue weighted by Crippen LogP contribution is -2.26. The summed E-state index contributed by atoms with van der Waals surface area (Å²) in [7, 11) is 1.59. The molecule has 0 spiro atoms. The van der Waals surface area contributed by atoms with Crippen LogP contribution >= 0.6 is 0 Å². The van der Waals surface area contributed by atoms with E-state index in [1.807, 2.05) is 0 Å². The third-order valence-electron chi connectivity index (χ3n) is 3.60. The molecule has 1 aromatic heterocycles. The van der Waals surface area contributed by atoms with E-state index in [1.165, 1.54) is 4.57 Å². The highest BCUT2D eigenvalue weighted by atomic mass is 19.4. The number of aryl methyl sites for hydroxylation is 1. The monoisotopic (exact) mass is 344 g/mol. The van der Waals surface area contributed by atoms with Crippen molar-refractivity contribution in [1.29, 1.82) is 0 Å². The Balaban J connectivity index is 2.31. The van der Waals surface area contributed by atoms with Gasteiger partial charge in [0.1, 0.15) is 0 Å². The molecule has 0 atom stereocenters. The molecule has 0 fully saturated rings. The number of imidazole rings is 1. The van der Waals surface area contributed by atoms with Gasteiger partial charge in [-0.1, -0.05) is 36.4 Å². The summed E-state index contributed by atoms with van der Waals surface area (Å²) in [5.41, 5.74) is -2.11. The van der Waals surface area contributed by atoms with Crippen LogP contribution in [0, 0.1) is 6.33 Å². The van der Waals surface area contributed by atoms with Gasteiger partial charge in [-0.05, 0) is 6.07 Å². The van der Waals surface area contributed by atoms with E-state index in [1.54, 1.807) is 31.3 Å². The highest BCUT2D eigenvalue weighted by Gasteiger charge is 2.38. The van der Waals surface area contributed by atoms with E-state index in [2.05, 4.69) is 6.33 Å². The number of aromatic nitrogens is 2. The average Bonchev–Trinajstić information content (AvgIpc) is 2.82. The first kappa shape index (κ1) is 16.4. The van der Waals surface area contributed by atoms with E-state index in [0.29, 0.717) is 17.1 Å². The number of fused-ring (bicyclic) bond motifs is 1. The van der Waals surface area contributed by atoms with Crippen LogP contribution in [0.25, 0.3) is 16.7 Å². The summed E-state index contributed by atoms with van der Waals surface area (Å²) in [6.07, 6.45) is -7.10. The minimum atomic E-state index is -4.94. The molecule has 2 aromatic carbocycles. The Morgan fingerprint density at radius 1 is 0.917 bits per heavy atom. The summed E-state index contributed by atoms with van der Waals surface area (Å²) in [5.74, 6) is 0. The molecule has 0 bridgehead atoms. The second kappa shape index (κ2) is 5.25. The van der Waals surface area contributed by atoms with Gasteiger partial charge in [-0.3, -0.25) is 0 Å². The predicted molar refractivity (Wildman–Crippen MR) is 73.3 cm³/mol. The Morgan fingerprint density at radius 2 is 1.58 bits per heavy atom. The molecule has 0 N–H and O–H groups in total. The molecule has 0 amide bonds. The van der Waals surface area contributed by atoms with Gasteiger partial charge in [0, 0.05) is 0 Å². The van der Waals surface area contributed by atoms with E-state index < -0.39 is 29.2 Å². The zero-order valence-corrected chi connectivity index (χ0v) is 12.2. The fourth-order valence-electron chi connectivity index (χ4n) is 2.51. The van der Waals surface area contributed by atoms with E-state index in [4.69, 9.17) is 0 Å².